The molecule has 1 aromatic carbocycles. The molecule has 1 rings (SSSR count). The molecule has 0 saturated carbocycles. The number of hydrogen-bond donors (Lipinski definition) is 3. The summed E-state index contributed by atoms with van der Waals surface area (Å²) in [6.45, 7) is 1.62. The Morgan fingerprint density at radius 1 is 1.43 bits per heavy atom. The number of aliphatic hydroxyl groups is 1. The summed E-state index contributed by atoms with van der Waals surface area (Å²) in [5.74, 6) is 0.424. The van der Waals surface area contributed by atoms with Crippen LogP contribution in [-0.2, 0) is 0 Å². The molecule has 0 heterocycles. The second-order valence-electron chi connectivity index (χ2n) is 3.20. The average molecular weight is 197 g/mol. The van der Waals surface area contributed by atoms with Gasteiger partial charge in [0.2, 0.25) is 0 Å². The highest BCUT2D eigenvalue weighted by molar-refractivity contribution is 5.42. The second-order valence-corrected chi connectivity index (χ2v) is 3.20. The van der Waals surface area contributed by atoms with Crippen molar-refractivity contribution in [1.82, 2.24) is 0 Å². The lowest BCUT2D eigenvalue weighted by atomic mass is 10.0. The van der Waals surface area contributed by atoms with E-state index in [0.29, 0.717) is 5.75 Å². The van der Waals surface area contributed by atoms with Crippen LogP contribution >= 0.6 is 0 Å². The van der Waals surface area contributed by atoms with Crippen LogP contribution in [0, 0.1) is 0 Å². The Hall–Kier alpha value is -1.26. The van der Waals surface area contributed by atoms with E-state index in [2.05, 4.69) is 0 Å². The first-order valence-electron chi connectivity index (χ1n) is 4.36. The summed E-state index contributed by atoms with van der Waals surface area (Å²) < 4.78 is 4.93. The van der Waals surface area contributed by atoms with Gasteiger partial charge in [0.05, 0.1) is 19.3 Å². The number of methoxy groups -OCH3 is 1. The van der Waals surface area contributed by atoms with Gasteiger partial charge in [0.1, 0.15) is 0 Å². The van der Waals surface area contributed by atoms with Crippen LogP contribution in [0.15, 0.2) is 18.2 Å². The maximum absolute atomic E-state index is 9.33. The maximum Gasteiger partial charge on any atom is 0.160 e. The standard InChI is InChI=1S/C10H15NO3/c1-6(12)10(11)7-3-4-8(13)9(5-7)14-2/h3-6,10,12-13H,11H2,1-2H3/t6-,10-/m0/s1. The van der Waals surface area contributed by atoms with Crippen molar-refractivity contribution in [3.8, 4) is 11.5 Å². The molecule has 0 aromatic heterocycles. The van der Waals surface area contributed by atoms with Crippen LogP contribution in [0.5, 0.6) is 11.5 Å². The van der Waals surface area contributed by atoms with E-state index in [4.69, 9.17) is 10.5 Å². The Labute approximate surface area is 82.9 Å². The van der Waals surface area contributed by atoms with Crippen molar-refractivity contribution in [2.75, 3.05) is 7.11 Å². The van der Waals surface area contributed by atoms with Gasteiger partial charge in [0.15, 0.2) is 11.5 Å². The summed E-state index contributed by atoms with van der Waals surface area (Å²) in [5, 5.41) is 18.6. The molecule has 14 heavy (non-hydrogen) atoms. The van der Waals surface area contributed by atoms with Gasteiger partial charge in [-0.1, -0.05) is 6.07 Å². The lowest BCUT2D eigenvalue weighted by molar-refractivity contribution is 0.164. The normalized spacial score (nSPS) is 14.9. The van der Waals surface area contributed by atoms with Crippen molar-refractivity contribution in [1.29, 1.82) is 0 Å². The number of aliphatic hydroxyl groups excluding tert-OH is 1. The fourth-order valence-corrected chi connectivity index (χ4v) is 1.18. The molecule has 78 valence electrons. The lowest BCUT2D eigenvalue weighted by Gasteiger charge is -2.16. The third kappa shape index (κ3) is 2.16. The Kier molecular flexibility index (Phi) is 3.33. The number of benzene rings is 1. The molecule has 1 aromatic rings. The third-order valence-corrected chi connectivity index (χ3v) is 2.11. The van der Waals surface area contributed by atoms with Crippen molar-refractivity contribution in [3.63, 3.8) is 0 Å². The van der Waals surface area contributed by atoms with Gasteiger partial charge >= 0.3 is 0 Å². The number of phenolic OH excluding ortho intramolecular Hbond substituents is 1. The number of hydrogen-bond acceptors (Lipinski definition) is 4. The van der Waals surface area contributed by atoms with Crippen LogP contribution in [0.2, 0.25) is 0 Å². The van der Waals surface area contributed by atoms with Crippen LogP contribution in [0.25, 0.3) is 0 Å². The van der Waals surface area contributed by atoms with Crippen molar-refractivity contribution >= 4 is 0 Å². The average Bonchev–Trinajstić information content (AvgIpc) is 2.17. The van der Waals surface area contributed by atoms with Crippen molar-refractivity contribution in [2.24, 2.45) is 5.73 Å². The Bertz CT molecular complexity index is 312. The minimum absolute atomic E-state index is 0.0639. The summed E-state index contributed by atoms with van der Waals surface area (Å²) in [5.41, 5.74) is 6.46. The molecule has 0 aliphatic rings. The zero-order valence-corrected chi connectivity index (χ0v) is 8.27. The van der Waals surface area contributed by atoms with Gasteiger partial charge in [0.25, 0.3) is 0 Å². The molecule has 0 aliphatic heterocycles. The molecule has 0 aliphatic carbocycles. The first-order valence-corrected chi connectivity index (χ1v) is 4.36. The van der Waals surface area contributed by atoms with Gasteiger partial charge in [-0.05, 0) is 24.6 Å². The number of rotatable bonds is 3. The first kappa shape index (κ1) is 10.8. The lowest BCUT2D eigenvalue weighted by Crippen LogP contribution is -2.23. The Morgan fingerprint density at radius 3 is 2.57 bits per heavy atom. The van der Waals surface area contributed by atoms with E-state index < -0.39 is 12.1 Å². The SMILES string of the molecule is COc1cc([C@@H](N)[C@H](C)O)ccc1O. The summed E-state index contributed by atoms with van der Waals surface area (Å²) in [7, 11) is 1.47. The monoisotopic (exact) mass is 197 g/mol. The molecule has 2 atom stereocenters. The zero-order chi connectivity index (χ0) is 10.7. The molecule has 0 fully saturated rings. The van der Waals surface area contributed by atoms with Crippen LogP contribution in [0.1, 0.15) is 18.5 Å². The van der Waals surface area contributed by atoms with E-state index in [0.717, 1.165) is 5.56 Å². The fraction of sp³-hybridized carbons (Fsp3) is 0.400. The summed E-state index contributed by atoms with van der Waals surface area (Å²) in [6.07, 6.45) is -0.635. The summed E-state index contributed by atoms with van der Waals surface area (Å²) in [4.78, 5) is 0. The van der Waals surface area contributed by atoms with E-state index >= 15 is 0 Å². The predicted octanol–water partition coefficient (Wildman–Crippen LogP) is 0.781. The molecule has 0 bridgehead atoms. The molecule has 4 heteroatoms. The quantitative estimate of drug-likeness (QED) is 0.669. The summed E-state index contributed by atoms with van der Waals surface area (Å²) >= 11 is 0. The minimum atomic E-state index is -0.635. The van der Waals surface area contributed by atoms with Crippen molar-refractivity contribution in [2.45, 2.75) is 19.1 Å². The molecule has 0 radical (unpaired) electrons. The van der Waals surface area contributed by atoms with Crippen LogP contribution in [-0.4, -0.2) is 23.4 Å². The number of phenols is 1. The smallest absolute Gasteiger partial charge is 0.160 e. The Morgan fingerprint density at radius 2 is 2.07 bits per heavy atom. The Balaban J connectivity index is 3.00. The number of ether oxygens (including phenoxy) is 1. The zero-order valence-electron chi connectivity index (χ0n) is 8.27. The second kappa shape index (κ2) is 4.30. The highest BCUT2D eigenvalue weighted by atomic mass is 16.5. The first-order chi connectivity index (χ1) is 6.56. The van der Waals surface area contributed by atoms with E-state index in [9.17, 15) is 10.2 Å². The molecular weight excluding hydrogens is 182 g/mol. The van der Waals surface area contributed by atoms with Crippen molar-refractivity contribution in [3.05, 3.63) is 23.8 Å². The number of aromatic hydroxyl groups is 1. The van der Waals surface area contributed by atoms with E-state index in [-0.39, 0.29) is 5.75 Å². The molecule has 0 unspecified atom stereocenters. The van der Waals surface area contributed by atoms with E-state index in [1.807, 2.05) is 0 Å². The molecule has 4 N–H and O–H groups in total. The molecule has 0 amide bonds. The highest BCUT2D eigenvalue weighted by Crippen LogP contribution is 2.28. The molecule has 4 nitrogen and oxygen atoms in total. The topological polar surface area (TPSA) is 75.7 Å². The highest BCUT2D eigenvalue weighted by Gasteiger charge is 2.13. The third-order valence-electron chi connectivity index (χ3n) is 2.11. The maximum atomic E-state index is 9.33. The predicted molar refractivity (Wildman–Crippen MR) is 53.3 cm³/mol. The summed E-state index contributed by atoms with van der Waals surface area (Å²) in [6, 6.07) is 4.31. The van der Waals surface area contributed by atoms with E-state index in [1.165, 1.54) is 13.2 Å². The van der Waals surface area contributed by atoms with E-state index in [1.54, 1.807) is 19.1 Å². The molecular formula is C10H15NO3. The van der Waals surface area contributed by atoms with Gasteiger partial charge in [-0.25, -0.2) is 0 Å². The van der Waals surface area contributed by atoms with Gasteiger partial charge in [0, 0.05) is 0 Å². The van der Waals surface area contributed by atoms with Gasteiger partial charge in [-0.2, -0.15) is 0 Å². The van der Waals surface area contributed by atoms with Gasteiger partial charge in [-0.3, -0.25) is 0 Å². The molecule has 0 saturated heterocycles. The molecule has 0 spiro atoms. The van der Waals surface area contributed by atoms with Crippen LogP contribution in [0.3, 0.4) is 0 Å². The van der Waals surface area contributed by atoms with Crippen LogP contribution < -0.4 is 10.5 Å². The minimum Gasteiger partial charge on any atom is -0.504 e. The fourth-order valence-electron chi connectivity index (χ4n) is 1.18. The van der Waals surface area contributed by atoms with Crippen LogP contribution in [0.4, 0.5) is 0 Å². The van der Waals surface area contributed by atoms with Crippen molar-refractivity contribution < 1.29 is 14.9 Å². The number of nitrogens with two attached hydrogens (primary N) is 1. The van der Waals surface area contributed by atoms with Gasteiger partial charge in [-0.15, -0.1) is 0 Å². The largest absolute Gasteiger partial charge is 0.504 e. The van der Waals surface area contributed by atoms with Gasteiger partial charge < -0.3 is 20.7 Å².